The van der Waals surface area contributed by atoms with Gasteiger partial charge in [-0.2, -0.15) is 11.8 Å². The van der Waals surface area contributed by atoms with E-state index in [-0.39, 0.29) is 0 Å². The van der Waals surface area contributed by atoms with Gasteiger partial charge in [0.05, 0.1) is 5.56 Å². The summed E-state index contributed by atoms with van der Waals surface area (Å²) in [6.45, 7) is 0. The molecule has 0 bridgehead atoms. The second kappa shape index (κ2) is 14.4. The molecule has 2 nitrogen and oxygen atoms in total. The van der Waals surface area contributed by atoms with Crippen molar-refractivity contribution in [1.82, 2.24) is 0 Å². The van der Waals surface area contributed by atoms with Gasteiger partial charge in [-0.25, -0.2) is 4.79 Å². The van der Waals surface area contributed by atoms with Crippen LogP contribution in [0.4, 0.5) is 0 Å². The van der Waals surface area contributed by atoms with Crippen LogP contribution >= 0.6 is 11.8 Å². The predicted octanol–water partition coefficient (Wildman–Crippen LogP) is 6.58. The zero-order valence-corrected chi connectivity index (χ0v) is 16.1. The molecule has 0 heterocycles. The maximum absolute atomic E-state index is 10.8. The predicted molar refractivity (Wildman–Crippen MR) is 106 cm³/mol. The fourth-order valence-corrected chi connectivity index (χ4v) is 3.47. The van der Waals surface area contributed by atoms with Gasteiger partial charge in [-0.3, -0.25) is 0 Å². The molecule has 136 valence electrons. The number of unbranched alkanes of at least 4 members (excludes halogenated alkanes) is 10. The first-order chi connectivity index (χ1) is 11.7. The summed E-state index contributed by atoms with van der Waals surface area (Å²) in [6, 6.07) is 7.31. The first-order valence-electron chi connectivity index (χ1n) is 9.55. The third kappa shape index (κ3) is 10.7. The number of aromatic carboxylic acids is 1. The van der Waals surface area contributed by atoms with Crippen LogP contribution in [0.15, 0.2) is 24.3 Å². The maximum atomic E-state index is 10.8. The van der Waals surface area contributed by atoms with Crippen LogP contribution in [0.3, 0.4) is 0 Å². The van der Waals surface area contributed by atoms with Crippen molar-refractivity contribution in [2.45, 2.75) is 77.0 Å². The van der Waals surface area contributed by atoms with E-state index >= 15 is 0 Å². The molecule has 0 spiro atoms. The van der Waals surface area contributed by atoms with Crippen LogP contribution in [0.1, 0.15) is 86.6 Å². The lowest BCUT2D eigenvalue weighted by atomic mass is 10.0. The third-order valence-corrected chi connectivity index (χ3v) is 5.21. The van der Waals surface area contributed by atoms with Gasteiger partial charge in [0, 0.05) is 0 Å². The highest BCUT2D eigenvalue weighted by molar-refractivity contribution is 7.98. The van der Waals surface area contributed by atoms with Crippen LogP contribution in [0.25, 0.3) is 0 Å². The second-order valence-electron chi connectivity index (χ2n) is 6.63. The van der Waals surface area contributed by atoms with Gasteiger partial charge in [-0.15, -0.1) is 0 Å². The van der Waals surface area contributed by atoms with Crippen molar-refractivity contribution in [2.75, 3.05) is 12.0 Å². The summed E-state index contributed by atoms with van der Waals surface area (Å²) in [6.07, 6.45) is 18.3. The molecule has 0 atom stereocenters. The molecule has 0 aliphatic rings. The molecule has 0 fully saturated rings. The van der Waals surface area contributed by atoms with Crippen molar-refractivity contribution < 1.29 is 9.90 Å². The number of hydrogen-bond donors (Lipinski definition) is 1. The summed E-state index contributed by atoms with van der Waals surface area (Å²) in [7, 11) is 0. The Kier molecular flexibility index (Phi) is 12.6. The van der Waals surface area contributed by atoms with Gasteiger partial charge >= 0.3 is 5.97 Å². The summed E-state index contributed by atoms with van der Waals surface area (Å²) >= 11 is 1.96. The number of thioether (sulfide) groups is 1. The molecule has 0 aliphatic heterocycles. The molecular weight excluding hydrogens is 316 g/mol. The highest BCUT2D eigenvalue weighted by Crippen LogP contribution is 2.14. The number of hydrogen-bond acceptors (Lipinski definition) is 2. The molecule has 1 aromatic rings. The Hall–Kier alpha value is -0.960. The van der Waals surface area contributed by atoms with Gasteiger partial charge in [0.15, 0.2) is 0 Å². The molecule has 0 aliphatic carbocycles. The Morgan fingerprint density at radius 2 is 1.25 bits per heavy atom. The molecule has 24 heavy (non-hydrogen) atoms. The number of carboxylic acid groups (broad SMARTS) is 1. The van der Waals surface area contributed by atoms with Crippen molar-refractivity contribution >= 4 is 17.7 Å². The smallest absolute Gasteiger partial charge is 0.335 e. The van der Waals surface area contributed by atoms with Crippen molar-refractivity contribution in [3.05, 3.63) is 35.4 Å². The van der Waals surface area contributed by atoms with Gasteiger partial charge in [-0.05, 0) is 49.0 Å². The Morgan fingerprint density at radius 3 is 1.71 bits per heavy atom. The molecule has 0 amide bonds. The number of rotatable bonds is 15. The molecule has 0 saturated heterocycles. The Bertz CT molecular complexity index is 428. The minimum Gasteiger partial charge on any atom is -0.478 e. The standard InChI is InChI=1S/C21H34O2S/c1-24-18-12-10-8-6-4-2-3-5-7-9-11-13-19-14-16-20(17-15-19)21(22)23/h14-17H,2-13,18H2,1H3,(H,22,23). The van der Waals surface area contributed by atoms with Crippen molar-refractivity contribution in [2.24, 2.45) is 0 Å². The van der Waals surface area contributed by atoms with E-state index in [0.717, 1.165) is 6.42 Å². The van der Waals surface area contributed by atoms with E-state index in [1.807, 2.05) is 23.9 Å². The lowest BCUT2D eigenvalue weighted by Crippen LogP contribution is -1.96. The number of carboxylic acids is 1. The SMILES string of the molecule is CSCCCCCCCCCCCCCc1ccc(C(=O)O)cc1. The molecule has 0 saturated carbocycles. The van der Waals surface area contributed by atoms with E-state index in [0.29, 0.717) is 5.56 Å². The summed E-state index contributed by atoms with van der Waals surface area (Å²) in [5, 5.41) is 8.87. The van der Waals surface area contributed by atoms with Gasteiger partial charge in [0.25, 0.3) is 0 Å². The fraction of sp³-hybridized carbons (Fsp3) is 0.667. The Morgan fingerprint density at radius 1 is 0.792 bits per heavy atom. The minimum absolute atomic E-state index is 0.378. The van der Waals surface area contributed by atoms with E-state index < -0.39 is 5.97 Å². The topological polar surface area (TPSA) is 37.3 Å². The summed E-state index contributed by atoms with van der Waals surface area (Å²) in [5.41, 5.74) is 1.63. The highest BCUT2D eigenvalue weighted by Gasteiger charge is 2.01. The van der Waals surface area contributed by atoms with Crippen LogP contribution in [0.2, 0.25) is 0 Å². The average molecular weight is 351 g/mol. The van der Waals surface area contributed by atoms with Crippen molar-refractivity contribution in [1.29, 1.82) is 0 Å². The summed E-state index contributed by atoms with van der Waals surface area (Å²) in [4.78, 5) is 10.8. The van der Waals surface area contributed by atoms with Gasteiger partial charge in [0.2, 0.25) is 0 Å². The van der Waals surface area contributed by atoms with Crippen LogP contribution < -0.4 is 0 Å². The molecule has 0 aromatic heterocycles. The van der Waals surface area contributed by atoms with Crippen LogP contribution in [0.5, 0.6) is 0 Å². The number of aryl methyl sites for hydroxylation is 1. The molecular formula is C21H34O2S. The zero-order valence-electron chi connectivity index (χ0n) is 15.3. The van der Waals surface area contributed by atoms with E-state index in [2.05, 4.69) is 6.26 Å². The number of carbonyl (C=O) groups is 1. The van der Waals surface area contributed by atoms with Crippen molar-refractivity contribution in [3.8, 4) is 0 Å². The van der Waals surface area contributed by atoms with Gasteiger partial charge in [-0.1, -0.05) is 69.9 Å². The Labute approximate surface area is 152 Å². The van der Waals surface area contributed by atoms with E-state index in [1.54, 1.807) is 12.1 Å². The fourth-order valence-electron chi connectivity index (χ4n) is 2.98. The molecule has 3 heteroatoms. The van der Waals surface area contributed by atoms with E-state index in [4.69, 9.17) is 5.11 Å². The quantitative estimate of drug-likeness (QED) is 0.363. The first-order valence-corrected chi connectivity index (χ1v) is 10.9. The molecule has 0 unspecified atom stereocenters. The van der Waals surface area contributed by atoms with Crippen molar-refractivity contribution in [3.63, 3.8) is 0 Å². The molecule has 1 rings (SSSR count). The van der Waals surface area contributed by atoms with Crippen LogP contribution in [-0.2, 0) is 6.42 Å². The van der Waals surface area contributed by atoms with Gasteiger partial charge < -0.3 is 5.11 Å². The summed E-state index contributed by atoms with van der Waals surface area (Å²) < 4.78 is 0. The molecule has 0 radical (unpaired) electrons. The zero-order chi connectivity index (χ0) is 17.5. The van der Waals surface area contributed by atoms with Crippen LogP contribution in [-0.4, -0.2) is 23.1 Å². The number of benzene rings is 1. The lowest BCUT2D eigenvalue weighted by Gasteiger charge is -2.04. The minimum atomic E-state index is -0.846. The lowest BCUT2D eigenvalue weighted by molar-refractivity contribution is 0.0697. The second-order valence-corrected chi connectivity index (χ2v) is 7.62. The molecule has 1 N–H and O–H groups in total. The normalized spacial score (nSPS) is 10.9. The van der Waals surface area contributed by atoms with Crippen LogP contribution in [0, 0.1) is 0 Å². The monoisotopic (exact) mass is 350 g/mol. The summed E-state index contributed by atoms with van der Waals surface area (Å²) in [5.74, 6) is 0.477. The largest absolute Gasteiger partial charge is 0.478 e. The van der Waals surface area contributed by atoms with Gasteiger partial charge in [0.1, 0.15) is 0 Å². The molecule has 1 aromatic carbocycles. The maximum Gasteiger partial charge on any atom is 0.335 e. The average Bonchev–Trinajstić information content (AvgIpc) is 2.59. The highest BCUT2D eigenvalue weighted by atomic mass is 32.2. The Balaban J connectivity index is 1.87. The third-order valence-electron chi connectivity index (χ3n) is 4.51. The van der Waals surface area contributed by atoms with E-state index in [9.17, 15) is 4.79 Å². The van der Waals surface area contributed by atoms with E-state index in [1.165, 1.54) is 81.9 Å². The first kappa shape index (κ1) is 21.1.